The van der Waals surface area contributed by atoms with Gasteiger partial charge in [-0.25, -0.2) is 8.78 Å². The van der Waals surface area contributed by atoms with Crippen LogP contribution >= 0.6 is 0 Å². The first-order valence-electron chi connectivity index (χ1n) is 6.19. The lowest BCUT2D eigenvalue weighted by molar-refractivity contribution is -0.120. The van der Waals surface area contributed by atoms with Crippen LogP contribution in [0.2, 0.25) is 0 Å². The molecule has 1 atom stereocenters. The molecule has 6 heteroatoms. The van der Waals surface area contributed by atoms with Crippen molar-refractivity contribution in [3.05, 3.63) is 29.8 Å². The summed E-state index contributed by atoms with van der Waals surface area (Å²) in [6, 6.07) is 3.23. The van der Waals surface area contributed by atoms with E-state index in [0.29, 0.717) is 12.5 Å². The predicted octanol–water partition coefficient (Wildman–Crippen LogP) is 1.34. The van der Waals surface area contributed by atoms with Crippen LogP contribution in [-0.4, -0.2) is 24.6 Å². The summed E-state index contributed by atoms with van der Waals surface area (Å²) in [6.07, 6.45) is 2.49. The quantitative estimate of drug-likeness (QED) is 0.786. The molecule has 1 saturated carbocycles. The molecule has 2 rings (SSSR count). The number of hydrogen-bond donors (Lipinski definition) is 2. The van der Waals surface area contributed by atoms with Crippen LogP contribution in [0.3, 0.4) is 0 Å². The Bertz CT molecular complexity index is 464. The highest BCUT2D eigenvalue weighted by atomic mass is 19.2. The molecule has 1 aliphatic rings. The molecule has 1 aliphatic carbocycles. The van der Waals surface area contributed by atoms with Gasteiger partial charge in [-0.05, 0) is 25.0 Å². The SMILES string of the molecule is NC(=O)C(CCOc1ccc(F)c(F)c1)NC1CC1. The topological polar surface area (TPSA) is 64.4 Å². The van der Waals surface area contributed by atoms with Crippen molar-refractivity contribution in [1.29, 1.82) is 0 Å². The summed E-state index contributed by atoms with van der Waals surface area (Å²) < 4.78 is 30.9. The maximum atomic E-state index is 12.9. The Morgan fingerprint density at radius 3 is 2.74 bits per heavy atom. The molecule has 0 heterocycles. The number of hydrogen-bond acceptors (Lipinski definition) is 3. The highest BCUT2D eigenvalue weighted by Gasteiger charge is 2.27. The Labute approximate surface area is 109 Å². The van der Waals surface area contributed by atoms with Gasteiger partial charge in [0, 0.05) is 18.5 Å². The molecule has 0 saturated heterocycles. The second kappa shape index (κ2) is 5.97. The Morgan fingerprint density at radius 1 is 1.42 bits per heavy atom. The second-order valence-corrected chi connectivity index (χ2v) is 4.61. The highest BCUT2D eigenvalue weighted by Crippen LogP contribution is 2.20. The van der Waals surface area contributed by atoms with E-state index >= 15 is 0 Å². The fourth-order valence-corrected chi connectivity index (χ4v) is 1.70. The molecule has 1 aromatic rings. The van der Waals surface area contributed by atoms with E-state index in [2.05, 4.69) is 5.32 Å². The number of rotatable bonds is 7. The van der Waals surface area contributed by atoms with Crippen LogP contribution in [0.4, 0.5) is 8.78 Å². The number of ether oxygens (including phenoxy) is 1. The van der Waals surface area contributed by atoms with Gasteiger partial charge >= 0.3 is 0 Å². The molecule has 104 valence electrons. The Morgan fingerprint density at radius 2 is 2.16 bits per heavy atom. The maximum Gasteiger partial charge on any atom is 0.234 e. The van der Waals surface area contributed by atoms with Crippen molar-refractivity contribution < 1.29 is 18.3 Å². The summed E-state index contributed by atoms with van der Waals surface area (Å²) in [5.41, 5.74) is 5.27. The fourth-order valence-electron chi connectivity index (χ4n) is 1.70. The van der Waals surface area contributed by atoms with Gasteiger partial charge in [0.1, 0.15) is 5.75 Å². The molecule has 19 heavy (non-hydrogen) atoms. The van der Waals surface area contributed by atoms with Crippen molar-refractivity contribution in [3.63, 3.8) is 0 Å². The number of carbonyl (C=O) groups is 1. The molecule has 1 fully saturated rings. The molecule has 0 aliphatic heterocycles. The number of nitrogens with two attached hydrogens (primary N) is 1. The number of nitrogens with one attached hydrogen (secondary N) is 1. The fraction of sp³-hybridized carbons (Fsp3) is 0.462. The zero-order valence-electron chi connectivity index (χ0n) is 10.4. The third-order valence-corrected chi connectivity index (χ3v) is 2.92. The molecule has 3 N–H and O–H groups in total. The van der Waals surface area contributed by atoms with Gasteiger partial charge in [0.05, 0.1) is 12.6 Å². The molecular formula is C13H16F2N2O2. The van der Waals surface area contributed by atoms with Gasteiger partial charge in [-0.3, -0.25) is 4.79 Å². The van der Waals surface area contributed by atoms with Crippen LogP contribution < -0.4 is 15.8 Å². The van der Waals surface area contributed by atoms with Gasteiger partial charge in [0.2, 0.25) is 5.91 Å². The first-order chi connectivity index (χ1) is 9.06. The molecular weight excluding hydrogens is 254 g/mol. The normalized spacial score (nSPS) is 16.1. The average Bonchev–Trinajstić information content (AvgIpc) is 3.16. The summed E-state index contributed by atoms with van der Waals surface area (Å²) in [6.45, 7) is 0.207. The molecule has 1 unspecified atom stereocenters. The zero-order chi connectivity index (χ0) is 13.8. The van der Waals surface area contributed by atoms with E-state index in [0.717, 1.165) is 25.0 Å². The van der Waals surface area contributed by atoms with Crippen molar-refractivity contribution in [2.24, 2.45) is 5.73 Å². The highest BCUT2D eigenvalue weighted by molar-refractivity contribution is 5.79. The van der Waals surface area contributed by atoms with Gasteiger partial charge in [-0.15, -0.1) is 0 Å². The number of carbonyl (C=O) groups excluding carboxylic acids is 1. The van der Waals surface area contributed by atoms with Crippen LogP contribution in [0.5, 0.6) is 5.75 Å². The average molecular weight is 270 g/mol. The summed E-state index contributed by atoms with van der Waals surface area (Å²) >= 11 is 0. The van der Waals surface area contributed by atoms with E-state index in [4.69, 9.17) is 10.5 Å². The minimum Gasteiger partial charge on any atom is -0.493 e. The van der Waals surface area contributed by atoms with Crippen LogP contribution in [0, 0.1) is 11.6 Å². The van der Waals surface area contributed by atoms with Gasteiger partial charge in [0.25, 0.3) is 0 Å². The van der Waals surface area contributed by atoms with Gasteiger partial charge in [-0.1, -0.05) is 0 Å². The monoisotopic (exact) mass is 270 g/mol. The second-order valence-electron chi connectivity index (χ2n) is 4.61. The van der Waals surface area contributed by atoms with Gasteiger partial charge in [-0.2, -0.15) is 0 Å². The van der Waals surface area contributed by atoms with Crippen molar-refractivity contribution in [3.8, 4) is 5.75 Å². The van der Waals surface area contributed by atoms with E-state index in [1.54, 1.807) is 0 Å². The maximum absolute atomic E-state index is 12.9. The minimum absolute atomic E-state index is 0.207. The summed E-state index contributed by atoms with van der Waals surface area (Å²) in [5, 5.41) is 3.11. The van der Waals surface area contributed by atoms with E-state index in [-0.39, 0.29) is 12.4 Å². The molecule has 0 aromatic heterocycles. The molecule has 1 aromatic carbocycles. The largest absolute Gasteiger partial charge is 0.493 e. The van der Waals surface area contributed by atoms with Crippen molar-refractivity contribution in [2.45, 2.75) is 31.3 Å². The Kier molecular flexibility index (Phi) is 4.31. The first kappa shape index (κ1) is 13.7. The lowest BCUT2D eigenvalue weighted by atomic mass is 10.2. The number of primary amides is 1. The standard InChI is InChI=1S/C13H16F2N2O2/c14-10-4-3-9(7-11(10)15)19-6-5-12(13(16)18)17-8-1-2-8/h3-4,7-8,12,17H,1-2,5-6H2,(H2,16,18). The summed E-state index contributed by atoms with van der Waals surface area (Å²) in [4.78, 5) is 11.2. The van der Waals surface area contributed by atoms with E-state index in [9.17, 15) is 13.6 Å². The van der Waals surface area contributed by atoms with Crippen molar-refractivity contribution in [2.75, 3.05) is 6.61 Å². The third-order valence-electron chi connectivity index (χ3n) is 2.92. The zero-order valence-corrected chi connectivity index (χ0v) is 10.4. The summed E-state index contributed by atoms with van der Waals surface area (Å²) in [7, 11) is 0. The van der Waals surface area contributed by atoms with Crippen molar-refractivity contribution >= 4 is 5.91 Å². The number of benzene rings is 1. The minimum atomic E-state index is -0.958. The van der Waals surface area contributed by atoms with Crippen LogP contribution in [0.1, 0.15) is 19.3 Å². The number of halogens is 2. The van der Waals surface area contributed by atoms with E-state index in [1.165, 1.54) is 6.07 Å². The lowest BCUT2D eigenvalue weighted by Gasteiger charge is -2.15. The lowest BCUT2D eigenvalue weighted by Crippen LogP contribution is -2.43. The predicted molar refractivity (Wildman–Crippen MR) is 65.6 cm³/mol. The van der Waals surface area contributed by atoms with Gasteiger partial charge in [0.15, 0.2) is 11.6 Å². The van der Waals surface area contributed by atoms with E-state index < -0.39 is 23.6 Å². The van der Waals surface area contributed by atoms with Crippen molar-refractivity contribution in [1.82, 2.24) is 5.32 Å². The Hall–Kier alpha value is -1.69. The van der Waals surface area contributed by atoms with Crippen LogP contribution in [0.25, 0.3) is 0 Å². The third kappa shape index (κ3) is 4.17. The molecule has 4 nitrogen and oxygen atoms in total. The van der Waals surface area contributed by atoms with Gasteiger partial charge < -0.3 is 15.8 Å². The molecule has 0 bridgehead atoms. The molecule has 0 radical (unpaired) electrons. The van der Waals surface area contributed by atoms with E-state index in [1.807, 2.05) is 0 Å². The molecule has 0 spiro atoms. The summed E-state index contributed by atoms with van der Waals surface area (Å²) in [5.74, 6) is -2.08. The molecule has 1 amide bonds. The van der Waals surface area contributed by atoms with Crippen LogP contribution in [-0.2, 0) is 4.79 Å². The van der Waals surface area contributed by atoms with Crippen LogP contribution in [0.15, 0.2) is 18.2 Å². The smallest absolute Gasteiger partial charge is 0.234 e. The first-order valence-corrected chi connectivity index (χ1v) is 6.19. The number of amides is 1. The Balaban J connectivity index is 1.80.